The summed E-state index contributed by atoms with van der Waals surface area (Å²) < 4.78 is 27.2. The van der Waals surface area contributed by atoms with E-state index in [2.05, 4.69) is 15.9 Å². The van der Waals surface area contributed by atoms with Gasteiger partial charge in [0.2, 0.25) is 0 Å². The summed E-state index contributed by atoms with van der Waals surface area (Å²) in [6.45, 7) is 0.216. The van der Waals surface area contributed by atoms with Crippen molar-refractivity contribution in [1.82, 2.24) is 0 Å². The largest absolute Gasteiger partial charge is 0.506 e. The summed E-state index contributed by atoms with van der Waals surface area (Å²) in [4.78, 5) is 0. The average molecular weight is 292 g/mol. The van der Waals surface area contributed by atoms with Crippen molar-refractivity contribution in [2.24, 2.45) is 5.73 Å². The first-order valence-electron chi connectivity index (χ1n) is 5.09. The number of aromatic hydroxyl groups is 1. The fourth-order valence-electron chi connectivity index (χ4n) is 2.23. The van der Waals surface area contributed by atoms with Crippen LogP contribution in [-0.4, -0.2) is 11.7 Å². The van der Waals surface area contributed by atoms with Gasteiger partial charge >= 0.3 is 0 Å². The Morgan fingerprint density at radius 3 is 2.50 bits per heavy atom. The lowest BCUT2D eigenvalue weighted by Gasteiger charge is -2.42. The number of nitrogens with two attached hydrogens (primary N) is 1. The molecule has 16 heavy (non-hydrogen) atoms. The molecule has 0 saturated heterocycles. The zero-order valence-electron chi connectivity index (χ0n) is 8.56. The Kier molecular flexibility index (Phi) is 2.92. The fourth-order valence-corrected chi connectivity index (χ4v) is 2.63. The van der Waals surface area contributed by atoms with E-state index in [1.165, 1.54) is 0 Å². The first kappa shape index (κ1) is 11.8. The van der Waals surface area contributed by atoms with Gasteiger partial charge in [-0.2, -0.15) is 0 Å². The molecule has 0 aromatic heterocycles. The van der Waals surface area contributed by atoms with E-state index < -0.39 is 17.0 Å². The van der Waals surface area contributed by atoms with E-state index >= 15 is 0 Å². The molecular weight excluding hydrogens is 280 g/mol. The van der Waals surface area contributed by atoms with Crippen LogP contribution < -0.4 is 5.73 Å². The highest BCUT2D eigenvalue weighted by Gasteiger charge is 2.42. The predicted octanol–water partition coefficient (Wildman–Crippen LogP) is 2.81. The molecule has 1 aliphatic carbocycles. The summed E-state index contributed by atoms with van der Waals surface area (Å²) >= 11 is 3.01. The van der Waals surface area contributed by atoms with Gasteiger partial charge in [-0.3, -0.25) is 0 Å². The van der Waals surface area contributed by atoms with E-state index in [1.807, 2.05) is 0 Å². The molecule has 0 aliphatic heterocycles. The van der Waals surface area contributed by atoms with Crippen LogP contribution >= 0.6 is 15.9 Å². The van der Waals surface area contributed by atoms with Crippen molar-refractivity contribution in [3.05, 3.63) is 27.7 Å². The minimum absolute atomic E-state index is 0.0214. The first-order valence-corrected chi connectivity index (χ1v) is 5.88. The zero-order chi connectivity index (χ0) is 11.9. The summed E-state index contributed by atoms with van der Waals surface area (Å²) in [6, 6.07) is 0.928. The smallest absolute Gasteiger partial charge is 0.166 e. The van der Waals surface area contributed by atoms with Crippen molar-refractivity contribution in [2.45, 2.75) is 24.7 Å². The van der Waals surface area contributed by atoms with Crippen LogP contribution in [-0.2, 0) is 5.41 Å². The van der Waals surface area contributed by atoms with Crippen LogP contribution in [0.25, 0.3) is 0 Å². The van der Waals surface area contributed by atoms with Crippen LogP contribution in [0.5, 0.6) is 5.75 Å². The number of rotatable bonds is 2. The molecule has 2 rings (SSSR count). The average Bonchev–Trinajstić information content (AvgIpc) is 2.19. The normalized spacial score (nSPS) is 18.2. The number of phenolic OH excluding ortho intramolecular Hbond substituents is 1. The lowest BCUT2D eigenvalue weighted by molar-refractivity contribution is 0.233. The third kappa shape index (κ3) is 1.53. The molecule has 0 amide bonds. The van der Waals surface area contributed by atoms with Gasteiger partial charge in [0.25, 0.3) is 0 Å². The molecule has 2 nitrogen and oxygen atoms in total. The van der Waals surface area contributed by atoms with Crippen LogP contribution in [0.1, 0.15) is 24.8 Å². The Labute approximate surface area is 101 Å². The van der Waals surface area contributed by atoms with Crippen molar-refractivity contribution in [3.63, 3.8) is 0 Å². The fraction of sp³-hybridized carbons (Fsp3) is 0.455. The molecule has 1 fully saturated rings. The van der Waals surface area contributed by atoms with Crippen LogP contribution in [0.2, 0.25) is 0 Å². The van der Waals surface area contributed by atoms with Crippen molar-refractivity contribution in [1.29, 1.82) is 0 Å². The van der Waals surface area contributed by atoms with E-state index in [9.17, 15) is 13.9 Å². The van der Waals surface area contributed by atoms with Gasteiger partial charge in [0.15, 0.2) is 11.6 Å². The molecule has 0 radical (unpaired) electrons. The highest BCUT2D eigenvalue weighted by molar-refractivity contribution is 9.10. The van der Waals surface area contributed by atoms with Crippen LogP contribution in [0.4, 0.5) is 8.78 Å². The highest BCUT2D eigenvalue weighted by atomic mass is 79.9. The second-order valence-electron chi connectivity index (χ2n) is 4.22. The lowest BCUT2D eigenvalue weighted by Crippen LogP contribution is -2.42. The quantitative estimate of drug-likeness (QED) is 0.823. The van der Waals surface area contributed by atoms with E-state index in [0.29, 0.717) is 12.8 Å². The summed E-state index contributed by atoms with van der Waals surface area (Å²) in [6.07, 6.45) is 2.29. The number of hydrogen-bond acceptors (Lipinski definition) is 2. The molecule has 1 aromatic rings. The number of phenols is 1. The predicted molar refractivity (Wildman–Crippen MR) is 60.3 cm³/mol. The molecule has 88 valence electrons. The summed E-state index contributed by atoms with van der Waals surface area (Å²) in [5, 5.41) is 9.83. The lowest BCUT2D eigenvalue weighted by atomic mass is 9.64. The molecule has 0 heterocycles. The highest BCUT2D eigenvalue weighted by Crippen LogP contribution is 2.49. The second-order valence-corrected chi connectivity index (χ2v) is 5.07. The maximum Gasteiger partial charge on any atom is 0.166 e. The monoisotopic (exact) mass is 291 g/mol. The first-order chi connectivity index (χ1) is 7.52. The van der Waals surface area contributed by atoms with Gasteiger partial charge in [0, 0.05) is 17.5 Å². The van der Waals surface area contributed by atoms with Gasteiger partial charge in [-0.25, -0.2) is 8.78 Å². The standard InChI is InChI=1S/C11H12BrF2NO/c12-6-4-7(13)9(14)8(10(6)16)11(5-15)2-1-3-11/h4,16H,1-3,5,15H2. The second kappa shape index (κ2) is 3.96. The molecule has 1 aliphatic rings. The van der Waals surface area contributed by atoms with Crippen molar-refractivity contribution < 1.29 is 13.9 Å². The summed E-state index contributed by atoms with van der Waals surface area (Å²) in [5.74, 6) is -2.17. The van der Waals surface area contributed by atoms with E-state index in [-0.39, 0.29) is 22.3 Å². The topological polar surface area (TPSA) is 46.2 Å². The van der Waals surface area contributed by atoms with E-state index in [0.717, 1.165) is 12.5 Å². The maximum atomic E-state index is 13.7. The SMILES string of the molecule is NCC1(c2c(O)c(Br)cc(F)c2F)CCC1. The Morgan fingerprint density at radius 1 is 1.44 bits per heavy atom. The van der Waals surface area contributed by atoms with Crippen LogP contribution in [0.15, 0.2) is 10.5 Å². The number of hydrogen-bond donors (Lipinski definition) is 2. The molecule has 1 aromatic carbocycles. The van der Waals surface area contributed by atoms with Crippen LogP contribution in [0, 0.1) is 11.6 Å². The number of halogens is 3. The molecule has 1 saturated carbocycles. The Balaban J connectivity index is 2.63. The minimum atomic E-state index is -0.981. The Hall–Kier alpha value is -0.680. The van der Waals surface area contributed by atoms with Gasteiger partial charge in [-0.05, 0) is 34.8 Å². The number of benzene rings is 1. The summed E-state index contributed by atoms with van der Waals surface area (Å²) in [7, 11) is 0. The van der Waals surface area contributed by atoms with Gasteiger partial charge in [0.05, 0.1) is 4.47 Å². The van der Waals surface area contributed by atoms with Crippen molar-refractivity contribution >= 4 is 15.9 Å². The molecule has 0 spiro atoms. The molecule has 5 heteroatoms. The molecular formula is C11H12BrF2NO. The Morgan fingerprint density at radius 2 is 2.06 bits per heavy atom. The maximum absolute atomic E-state index is 13.7. The van der Waals surface area contributed by atoms with Crippen molar-refractivity contribution in [2.75, 3.05) is 6.54 Å². The van der Waals surface area contributed by atoms with Crippen molar-refractivity contribution in [3.8, 4) is 5.75 Å². The minimum Gasteiger partial charge on any atom is -0.506 e. The Bertz CT molecular complexity index is 401. The molecule has 0 bridgehead atoms. The third-order valence-electron chi connectivity index (χ3n) is 3.38. The third-order valence-corrected chi connectivity index (χ3v) is 3.98. The van der Waals surface area contributed by atoms with E-state index in [1.54, 1.807) is 0 Å². The van der Waals surface area contributed by atoms with Crippen LogP contribution in [0.3, 0.4) is 0 Å². The molecule has 0 unspecified atom stereocenters. The van der Waals surface area contributed by atoms with Gasteiger partial charge in [-0.15, -0.1) is 0 Å². The summed E-state index contributed by atoms with van der Waals surface area (Å²) in [5.41, 5.74) is 5.05. The van der Waals surface area contributed by atoms with Gasteiger partial charge in [0.1, 0.15) is 5.75 Å². The van der Waals surface area contributed by atoms with Gasteiger partial charge in [-0.1, -0.05) is 6.42 Å². The van der Waals surface area contributed by atoms with Gasteiger partial charge < -0.3 is 10.8 Å². The zero-order valence-corrected chi connectivity index (χ0v) is 10.2. The molecule has 3 N–H and O–H groups in total. The van der Waals surface area contributed by atoms with E-state index in [4.69, 9.17) is 5.73 Å². The molecule has 0 atom stereocenters.